The van der Waals surface area contributed by atoms with Gasteiger partial charge in [-0.15, -0.1) is 0 Å². The number of fused-ring (bicyclic) bond motifs is 1. The molecule has 0 amide bonds. The number of aromatic nitrogens is 1. The van der Waals surface area contributed by atoms with Crippen LogP contribution in [0.4, 0.5) is 13.2 Å². The Morgan fingerprint density at radius 1 is 1.20 bits per heavy atom. The summed E-state index contributed by atoms with van der Waals surface area (Å²) in [4.78, 5) is 2.76. The molecule has 0 spiro atoms. The van der Waals surface area contributed by atoms with Gasteiger partial charge in [0.1, 0.15) is 6.04 Å². The third-order valence-electron chi connectivity index (χ3n) is 2.31. The number of H-pyrrole nitrogens is 1. The van der Waals surface area contributed by atoms with Gasteiger partial charge < -0.3 is 10.7 Å². The van der Waals surface area contributed by atoms with Crippen LogP contribution >= 0.6 is 0 Å². The average molecular weight is 214 g/mol. The minimum absolute atomic E-state index is 0.0741. The lowest BCUT2D eigenvalue weighted by atomic mass is 10.0. The van der Waals surface area contributed by atoms with Crippen molar-refractivity contribution in [2.45, 2.75) is 12.2 Å². The van der Waals surface area contributed by atoms with Crippen molar-refractivity contribution < 1.29 is 13.2 Å². The van der Waals surface area contributed by atoms with E-state index in [1.807, 2.05) is 0 Å². The van der Waals surface area contributed by atoms with Crippen molar-refractivity contribution in [3.05, 3.63) is 36.0 Å². The Labute approximate surface area is 83.9 Å². The van der Waals surface area contributed by atoms with Gasteiger partial charge in [0.15, 0.2) is 0 Å². The zero-order chi connectivity index (χ0) is 11.1. The first kappa shape index (κ1) is 10.0. The molecular weight excluding hydrogens is 205 g/mol. The van der Waals surface area contributed by atoms with Gasteiger partial charge in [0, 0.05) is 11.8 Å². The van der Waals surface area contributed by atoms with Gasteiger partial charge in [0.2, 0.25) is 0 Å². The van der Waals surface area contributed by atoms with Crippen molar-refractivity contribution in [1.29, 1.82) is 0 Å². The highest BCUT2D eigenvalue weighted by molar-refractivity contribution is 5.83. The molecule has 0 saturated heterocycles. The van der Waals surface area contributed by atoms with E-state index in [9.17, 15) is 13.2 Å². The van der Waals surface area contributed by atoms with E-state index in [-0.39, 0.29) is 5.56 Å². The molecule has 1 atom stereocenters. The first-order chi connectivity index (χ1) is 7.00. The molecule has 0 aliphatic rings. The zero-order valence-corrected chi connectivity index (χ0v) is 7.68. The Hall–Kier alpha value is -1.49. The highest BCUT2D eigenvalue weighted by Gasteiger charge is 2.38. The number of benzene rings is 1. The molecule has 1 aromatic carbocycles. The SMILES string of the molecule is NC(c1cccc2cc[nH]c12)C(F)(F)F. The van der Waals surface area contributed by atoms with Crippen molar-refractivity contribution in [1.82, 2.24) is 4.98 Å². The highest BCUT2D eigenvalue weighted by atomic mass is 19.4. The largest absolute Gasteiger partial charge is 0.407 e. The molecule has 1 aromatic heterocycles. The lowest BCUT2D eigenvalue weighted by molar-refractivity contribution is -0.148. The summed E-state index contributed by atoms with van der Waals surface area (Å²) < 4.78 is 37.3. The zero-order valence-electron chi connectivity index (χ0n) is 7.68. The smallest absolute Gasteiger partial charge is 0.361 e. The van der Waals surface area contributed by atoms with Crippen LogP contribution in [0, 0.1) is 0 Å². The Balaban J connectivity index is 2.56. The van der Waals surface area contributed by atoms with E-state index < -0.39 is 12.2 Å². The molecule has 3 N–H and O–H groups in total. The Morgan fingerprint density at radius 3 is 2.60 bits per heavy atom. The fraction of sp³-hybridized carbons (Fsp3) is 0.200. The van der Waals surface area contributed by atoms with E-state index in [1.54, 1.807) is 24.4 Å². The number of nitrogens with one attached hydrogen (secondary N) is 1. The molecule has 2 aromatic rings. The molecule has 1 heterocycles. The fourth-order valence-electron chi connectivity index (χ4n) is 1.54. The average Bonchev–Trinajstić information content (AvgIpc) is 2.62. The molecule has 80 valence electrons. The van der Waals surface area contributed by atoms with Gasteiger partial charge in [-0.1, -0.05) is 18.2 Å². The molecular formula is C10H9F3N2. The lowest BCUT2D eigenvalue weighted by Crippen LogP contribution is -2.28. The second-order valence-electron chi connectivity index (χ2n) is 3.31. The van der Waals surface area contributed by atoms with Crippen LogP contribution in [0.3, 0.4) is 0 Å². The Kier molecular flexibility index (Phi) is 2.19. The van der Waals surface area contributed by atoms with Crippen LogP contribution in [0.2, 0.25) is 0 Å². The molecule has 1 unspecified atom stereocenters. The van der Waals surface area contributed by atoms with E-state index in [0.717, 1.165) is 5.39 Å². The first-order valence-electron chi connectivity index (χ1n) is 4.38. The summed E-state index contributed by atoms with van der Waals surface area (Å²) in [7, 11) is 0. The van der Waals surface area contributed by atoms with E-state index in [2.05, 4.69) is 4.98 Å². The second-order valence-corrected chi connectivity index (χ2v) is 3.31. The Bertz CT molecular complexity index is 473. The minimum atomic E-state index is -4.42. The number of halogens is 3. The fourth-order valence-corrected chi connectivity index (χ4v) is 1.54. The molecule has 5 heteroatoms. The molecule has 15 heavy (non-hydrogen) atoms. The van der Waals surface area contributed by atoms with Crippen molar-refractivity contribution in [2.75, 3.05) is 0 Å². The third-order valence-corrected chi connectivity index (χ3v) is 2.31. The molecule has 0 fully saturated rings. The normalized spacial score (nSPS) is 14.4. The van der Waals surface area contributed by atoms with Crippen molar-refractivity contribution in [3.63, 3.8) is 0 Å². The van der Waals surface area contributed by atoms with Crippen LogP contribution in [0.1, 0.15) is 11.6 Å². The molecule has 0 bridgehead atoms. The molecule has 0 aliphatic heterocycles. The summed E-state index contributed by atoms with van der Waals surface area (Å²) in [5.41, 5.74) is 5.67. The van der Waals surface area contributed by atoms with Crippen LogP contribution in [0.15, 0.2) is 30.5 Å². The lowest BCUT2D eigenvalue weighted by Gasteiger charge is -2.16. The van der Waals surface area contributed by atoms with E-state index in [1.165, 1.54) is 6.07 Å². The van der Waals surface area contributed by atoms with Crippen LogP contribution in [0.5, 0.6) is 0 Å². The number of aromatic amines is 1. The first-order valence-corrected chi connectivity index (χ1v) is 4.38. The predicted molar refractivity (Wildman–Crippen MR) is 51.3 cm³/mol. The van der Waals surface area contributed by atoms with Gasteiger partial charge in [-0.2, -0.15) is 13.2 Å². The number of alkyl halides is 3. The number of para-hydroxylation sites is 1. The summed E-state index contributed by atoms with van der Waals surface area (Å²) in [5, 5.41) is 0.729. The summed E-state index contributed by atoms with van der Waals surface area (Å²) in [6, 6.07) is 4.45. The second kappa shape index (κ2) is 3.27. The minimum Gasteiger partial charge on any atom is -0.361 e. The maximum Gasteiger partial charge on any atom is 0.407 e. The van der Waals surface area contributed by atoms with Gasteiger partial charge in [0.05, 0.1) is 5.52 Å². The van der Waals surface area contributed by atoms with Gasteiger partial charge >= 0.3 is 6.18 Å². The number of hydrogen-bond acceptors (Lipinski definition) is 1. The Morgan fingerprint density at radius 2 is 1.93 bits per heavy atom. The molecule has 0 radical (unpaired) electrons. The standard InChI is InChI=1S/C10H9F3N2/c11-10(12,13)9(14)7-3-1-2-6-4-5-15-8(6)7/h1-5,9,15H,14H2. The topological polar surface area (TPSA) is 41.8 Å². The van der Waals surface area contributed by atoms with Gasteiger partial charge in [-0.3, -0.25) is 0 Å². The molecule has 0 saturated carbocycles. The van der Waals surface area contributed by atoms with E-state index in [0.29, 0.717) is 5.52 Å². The quantitative estimate of drug-likeness (QED) is 0.752. The number of hydrogen-bond donors (Lipinski definition) is 2. The van der Waals surface area contributed by atoms with Crippen LogP contribution < -0.4 is 5.73 Å². The number of rotatable bonds is 1. The summed E-state index contributed by atoms with van der Waals surface area (Å²) in [5.74, 6) is 0. The summed E-state index contributed by atoms with van der Waals surface area (Å²) >= 11 is 0. The van der Waals surface area contributed by atoms with Crippen LogP contribution in [-0.4, -0.2) is 11.2 Å². The summed E-state index contributed by atoms with van der Waals surface area (Å²) in [6.45, 7) is 0. The van der Waals surface area contributed by atoms with E-state index >= 15 is 0 Å². The molecule has 2 nitrogen and oxygen atoms in total. The van der Waals surface area contributed by atoms with Crippen molar-refractivity contribution >= 4 is 10.9 Å². The summed E-state index contributed by atoms with van der Waals surface area (Å²) in [6.07, 6.45) is -2.82. The van der Waals surface area contributed by atoms with Gasteiger partial charge in [0.25, 0.3) is 0 Å². The maximum absolute atomic E-state index is 12.4. The molecule has 0 aliphatic carbocycles. The third kappa shape index (κ3) is 1.70. The number of nitrogens with two attached hydrogens (primary N) is 1. The van der Waals surface area contributed by atoms with Crippen LogP contribution in [-0.2, 0) is 0 Å². The van der Waals surface area contributed by atoms with Gasteiger partial charge in [-0.25, -0.2) is 0 Å². The van der Waals surface area contributed by atoms with Crippen molar-refractivity contribution in [3.8, 4) is 0 Å². The highest BCUT2D eigenvalue weighted by Crippen LogP contribution is 2.33. The van der Waals surface area contributed by atoms with E-state index in [4.69, 9.17) is 5.73 Å². The van der Waals surface area contributed by atoms with Crippen LogP contribution in [0.25, 0.3) is 10.9 Å². The van der Waals surface area contributed by atoms with Crippen molar-refractivity contribution in [2.24, 2.45) is 5.73 Å². The molecule has 2 rings (SSSR count). The van der Waals surface area contributed by atoms with Gasteiger partial charge in [-0.05, 0) is 11.5 Å². The monoisotopic (exact) mass is 214 g/mol. The maximum atomic E-state index is 12.4. The predicted octanol–water partition coefficient (Wildman–Crippen LogP) is 2.73.